The van der Waals surface area contributed by atoms with Gasteiger partial charge in [-0.25, -0.2) is 4.98 Å². The molecule has 0 N–H and O–H groups in total. The fourth-order valence-corrected chi connectivity index (χ4v) is 3.64. The van der Waals surface area contributed by atoms with E-state index in [0.29, 0.717) is 34.2 Å². The van der Waals surface area contributed by atoms with Crippen LogP contribution in [0.3, 0.4) is 0 Å². The Kier molecular flexibility index (Phi) is 5.31. The molecule has 9 heteroatoms. The number of nitrogens with zero attached hydrogens (tertiary/aromatic N) is 4. The van der Waals surface area contributed by atoms with Crippen molar-refractivity contribution in [3.05, 3.63) is 52.5 Å². The molecule has 2 aromatic carbocycles. The van der Waals surface area contributed by atoms with Crippen LogP contribution in [0.25, 0.3) is 21.6 Å². The van der Waals surface area contributed by atoms with Crippen LogP contribution in [0.4, 0.5) is 0 Å². The van der Waals surface area contributed by atoms with E-state index in [-0.39, 0.29) is 6.61 Å². The first kappa shape index (κ1) is 18.5. The minimum Gasteiger partial charge on any atom is -0.493 e. The Bertz CT molecular complexity index is 1110. The summed E-state index contributed by atoms with van der Waals surface area (Å²) in [5.74, 6) is 1.39. The van der Waals surface area contributed by atoms with Gasteiger partial charge in [0.25, 0.3) is 0 Å². The Labute approximate surface area is 170 Å². The van der Waals surface area contributed by atoms with Crippen molar-refractivity contribution in [2.75, 3.05) is 13.7 Å². The van der Waals surface area contributed by atoms with Gasteiger partial charge in [-0.1, -0.05) is 16.4 Å². The molecule has 0 unspecified atom stereocenters. The van der Waals surface area contributed by atoms with Crippen LogP contribution >= 0.6 is 22.9 Å². The molecule has 4 rings (SSSR count). The van der Waals surface area contributed by atoms with E-state index in [1.165, 1.54) is 16.2 Å². The predicted molar refractivity (Wildman–Crippen MR) is 108 cm³/mol. The van der Waals surface area contributed by atoms with Crippen molar-refractivity contribution in [2.45, 2.75) is 13.5 Å². The quantitative estimate of drug-likeness (QED) is 0.448. The van der Waals surface area contributed by atoms with Gasteiger partial charge in [0.1, 0.15) is 16.0 Å². The average Bonchev–Trinajstić information content (AvgIpc) is 3.33. The van der Waals surface area contributed by atoms with Crippen molar-refractivity contribution in [1.82, 2.24) is 20.1 Å². The van der Waals surface area contributed by atoms with Gasteiger partial charge in [-0.2, -0.15) is 0 Å². The summed E-state index contributed by atoms with van der Waals surface area (Å²) in [4.78, 5) is 11.7. The molecule has 4 aromatic rings. The first-order valence-corrected chi connectivity index (χ1v) is 9.83. The third-order valence-electron chi connectivity index (χ3n) is 3.97. The Morgan fingerprint density at radius 2 is 2.04 bits per heavy atom. The standard InChI is InChI=1S/C19H17ClN4O3S/c1-3-26-17-7-4-12(8-18(17)25-2)19-21-14(11-28-19)10-27-24-16-9-13(20)5-6-15(16)22-23-24/h4-9,11H,3,10H2,1-2H3. The molecule has 144 valence electrons. The molecule has 0 aliphatic rings. The van der Waals surface area contributed by atoms with Crippen LogP contribution in [-0.2, 0) is 6.61 Å². The van der Waals surface area contributed by atoms with E-state index in [4.69, 9.17) is 25.9 Å². The van der Waals surface area contributed by atoms with Crippen molar-refractivity contribution in [3.63, 3.8) is 0 Å². The lowest BCUT2D eigenvalue weighted by molar-refractivity contribution is 0.0735. The van der Waals surface area contributed by atoms with Crippen LogP contribution in [0.1, 0.15) is 12.6 Å². The normalized spacial score (nSPS) is 11.0. The number of fused-ring (bicyclic) bond motifs is 1. The zero-order valence-electron chi connectivity index (χ0n) is 15.3. The van der Waals surface area contributed by atoms with Crippen LogP contribution in [0, 0.1) is 0 Å². The second kappa shape index (κ2) is 8.04. The monoisotopic (exact) mass is 416 g/mol. The molecule has 0 fully saturated rings. The largest absolute Gasteiger partial charge is 0.493 e. The molecule has 28 heavy (non-hydrogen) atoms. The smallest absolute Gasteiger partial charge is 0.161 e. The van der Waals surface area contributed by atoms with Crippen molar-refractivity contribution in [2.24, 2.45) is 0 Å². The lowest BCUT2D eigenvalue weighted by Gasteiger charge is -2.09. The van der Waals surface area contributed by atoms with Gasteiger partial charge in [-0.15, -0.1) is 16.4 Å². The molecular weight excluding hydrogens is 400 g/mol. The van der Waals surface area contributed by atoms with Crippen LogP contribution in [-0.4, -0.2) is 33.9 Å². The number of thiazole rings is 1. The number of rotatable bonds is 7. The molecule has 2 aromatic heterocycles. The molecule has 0 aliphatic heterocycles. The molecule has 0 spiro atoms. The van der Waals surface area contributed by atoms with E-state index in [1.54, 1.807) is 25.3 Å². The van der Waals surface area contributed by atoms with Crippen LogP contribution in [0.15, 0.2) is 41.8 Å². The number of ether oxygens (including phenoxy) is 2. The molecule has 2 heterocycles. The molecular formula is C19H17ClN4O3S. The SMILES string of the molecule is CCOc1ccc(-c2nc(COn3nnc4ccc(Cl)cc43)cs2)cc1OC. The second-order valence-electron chi connectivity index (χ2n) is 5.81. The molecule has 0 aliphatic carbocycles. The summed E-state index contributed by atoms with van der Waals surface area (Å²) in [5, 5.41) is 11.5. The van der Waals surface area contributed by atoms with E-state index >= 15 is 0 Å². The lowest BCUT2D eigenvalue weighted by Crippen LogP contribution is -2.13. The Balaban J connectivity index is 1.50. The Morgan fingerprint density at radius 1 is 1.14 bits per heavy atom. The molecule has 0 amide bonds. The predicted octanol–water partition coefficient (Wildman–Crippen LogP) is 4.24. The fraction of sp³-hybridized carbons (Fsp3) is 0.211. The number of benzene rings is 2. The molecule has 0 radical (unpaired) electrons. The van der Waals surface area contributed by atoms with Crippen LogP contribution in [0.5, 0.6) is 11.5 Å². The Morgan fingerprint density at radius 3 is 2.86 bits per heavy atom. The maximum Gasteiger partial charge on any atom is 0.161 e. The third-order valence-corrected chi connectivity index (χ3v) is 5.15. The highest BCUT2D eigenvalue weighted by atomic mass is 35.5. The maximum atomic E-state index is 6.04. The summed E-state index contributed by atoms with van der Waals surface area (Å²) in [7, 11) is 1.62. The molecule has 0 saturated heterocycles. The van der Waals surface area contributed by atoms with Gasteiger partial charge in [0.05, 0.1) is 19.4 Å². The number of hydrogen-bond acceptors (Lipinski definition) is 7. The summed E-state index contributed by atoms with van der Waals surface area (Å²) in [6.45, 7) is 2.78. The minimum absolute atomic E-state index is 0.260. The van der Waals surface area contributed by atoms with Gasteiger partial charge in [0.2, 0.25) is 0 Å². The zero-order chi connectivity index (χ0) is 19.5. The summed E-state index contributed by atoms with van der Waals surface area (Å²) in [6.07, 6.45) is 0. The number of aromatic nitrogens is 4. The van der Waals surface area contributed by atoms with Crippen LogP contribution < -0.4 is 14.3 Å². The number of hydrogen-bond donors (Lipinski definition) is 0. The third kappa shape index (κ3) is 3.74. The van der Waals surface area contributed by atoms with E-state index in [1.807, 2.05) is 30.5 Å². The maximum absolute atomic E-state index is 6.04. The average molecular weight is 417 g/mol. The fourth-order valence-electron chi connectivity index (χ4n) is 2.68. The van der Waals surface area contributed by atoms with Crippen molar-refractivity contribution in [1.29, 1.82) is 0 Å². The molecule has 0 atom stereocenters. The Hall–Kier alpha value is -2.84. The highest BCUT2D eigenvalue weighted by molar-refractivity contribution is 7.13. The minimum atomic E-state index is 0.260. The van der Waals surface area contributed by atoms with Gasteiger partial charge in [-0.3, -0.25) is 0 Å². The summed E-state index contributed by atoms with van der Waals surface area (Å²) in [5.41, 5.74) is 3.16. The van der Waals surface area contributed by atoms with E-state index in [2.05, 4.69) is 15.3 Å². The molecule has 0 saturated carbocycles. The van der Waals surface area contributed by atoms with Crippen molar-refractivity contribution < 1.29 is 14.3 Å². The summed E-state index contributed by atoms with van der Waals surface area (Å²) < 4.78 is 11.0. The van der Waals surface area contributed by atoms with E-state index in [0.717, 1.165) is 16.3 Å². The summed E-state index contributed by atoms with van der Waals surface area (Å²) in [6, 6.07) is 11.1. The van der Waals surface area contributed by atoms with Crippen molar-refractivity contribution in [3.8, 4) is 22.1 Å². The van der Waals surface area contributed by atoms with Crippen LogP contribution in [0.2, 0.25) is 5.02 Å². The van der Waals surface area contributed by atoms with Gasteiger partial charge in [0.15, 0.2) is 18.1 Å². The topological polar surface area (TPSA) is 71.3 Å². The van der Waals surface area contributed by atoms with Crippen molar-refractivity contribution >= 4 is 34.0 Å². The van der Waals surface area contributed by atoms with Gasteiger partial charge >= 0.3 is 0 Å². The van der Waals surface area contributed by atoms with Gasteiger partial charge in [0, 0.05) is 16.0 Å². The highest BCUT2D eigenvalue weighted by Crippen LogP contribution is 2.33. The van der Waals surface area contributed by atoms with Gasteiger partial charge < -0.3 is 14.3 Å². The van der Waals surface area contributed by atoms with Gasteiger partial charge in [-0.05, 0) is 48.5 Å². The number of methoxy groups -OCH3 is 1. The van der Waals surface area contributed by atoms with E-state index < -0.39 is 0 Å². The first-order valence-electron chi connectivity index (χ1n) is 8.58. The second-order valence-corrected chi connectivity index (χ2v) is 7.11. The zero-order valence-corrected chi connectivity index (χ0v) is 16.8. The summed E-state index contributed by atoms with van der Waals surface area (Å²) >= 11 is 7.57. The lowest BCUT2D eigenvalue weighted by atomic mass is 10.2. The van der Waals surface area contributed by atoms with E-state index in [9.17, 15) is 0 Å². The molecule has 7 nitrogen and oxygen atoms in total. The highest BCUT2D eigenvalue weighted by Gasteiger charge is 2.11. The number of halogens is 1. The molecule has 0 bridgehead atoms. The first-order chi connectivity index (χ1) is 13.7.